The van der Waals surface area contributed by atoms with Crippen molar-refractivity contribution in [3.8, 4) is 11.1 Å². The number of carboxylic acids is 2. The summed E-state index contributed by atoms with van der Waals surface area (Å²) in [5, 5.41) is 39.6. The molecule has 7 N–H and O–H groups in total. The van der Waals surface area contributed by atoms with Crippen LogP contribution >= 0.6 is 11.3 Å². The molecule has 12 rings (SSSR count). The van der Waals surface area contributed by atoms with Gasteiger partial charge in [-0.1, -0.05) is 81.9 Å². The van der Waals surface area contributed by atoms with Crippen molar-refractivity contribution < 1.29 is 67.6 Å². The number of hydrogen-bond acceptors (Lipinski definition) is 17. The second kappa shape index (κ2) is 29.5. The van der Waals surface area contributed by atoms with Gasteiger partial charge in [0.05, 0.1) is 35.0 Å². The predicted octanol–water partition coefficient (Wildman–Crippen LogP) is 8.81. The molecule has 26 nitrogen and oxygen atoms in total. The molecule has 0 radical (unpaired) electrons. The predicted molar refractivity (Wildman–Crippen MR) is 372 cm³/mol. The summed E-state index contributed by atoms with van der Waals surface area (Å²) in [5.41, 5.74) is 4.96. The highest BCUT2D eigenvalue weighted by atomic mass is 32.1. The van der Waals surface area contributed by atoms with Crippen LogP contribution in [0.5, 0.6) is 0 Å². The Morgan fingerprint density at radius 1 is 0.770 bits per heavy atom. The molecule has 27 heteroatoms. The van der Waals surface area contributed by atoms with Crippen LogP contribution in [0.25, 0.3) is 21.3 Å². The minimum atomic E-state index is -1.47. The van der Waals surface area contributed by atoms with Crippen molar-refractivity contribution in [3.05, 3.63) is 131 Å². The number of anilines is 3. The van der Waals surface area contributed by atoms with Crippen LogP contribution in [0.2, 0.25) is 0 Å². The van der Waals surface area contributed by atoms with Crippen LogP contribution in [0.15, 0.2) is 97.2 Å². The normalized spacial score (nSPS) is 21.3. The molecule has 0 saturated heterocycles. The number of ether oxygens (including phenoxy) is 2. The van der Waals surface area contributed by atoms with Crippen LogP contribution in [0.3, 0.4) is 0 Å². The monoisotopic (exact) mass is 1390 g/mol. The standard InChI is InChI=1S/C73H86N12O14S/c1-43(2)61(80-57(86)18-9-8-12-28-84-58(87)25-26-59(84)88)65(93)75-44(3)63(91)76-48-21-19-46(20-22-48)35-98-69(97)78-54(32-60(89)90)66(94)82(7)30-31-99-73-39-70(5)36-71(6,40-73)38-72(37-70,41-73)42-85-45(4)51(33-74-85)49-23-24-56(79-62(49)67(95)96)83-29-27-47-14-13-15-50(52(47)34-83)64(92)81-68-77-53-16-10-11-17-55(53)100-68/h10-11,13-17,19-26,33,43-44,54,61H,8-9,12,18,27-32,34-42H2,1-7H3,(H,75,93)(H,76,91)(H,78,97)(H,80,86)(H,89,90)(H,95,96)(H,77,81,92)/t44-,54-,61?,70?,71?,72?,73?/m0/s1. The quantitative estimate of drug-likeness (QED) is 0.0170. The summed E-state index contributed by atoms with van der Waals surface area (Å²) in [6.07, 6.45) is 10.0. The number of imide groups is 1. The lowest BCUT2D eigenvalue weighted by molar-refractivity contribution is -0.248. The Kier molecular flexibility index (Phi) is 21.1. The van der Waals surface area contributed by atoms with Gasteiger partial charge < -0.3 is 50.8 Å². The first kappa shape index (κ1) is 71.4. The summed E-state index contributed by atoms with van der Waals surface area (Å²) < 4.78 is 15.3. The number of pyridine rings is 1. The van der Waals surface area contributed by atoms with E-state index in [2.05, 4.69) is 45.4 Å². The Morgan fingerprint density at radius 2 is 1.50 bits per heavy atom. The number of aromatic carboxylic acids is 1. The zero-order valence-corrected chi connectivity index (χ0v) is 58.1. The van der Waals surface area contributed by atoms with Gasteiger partial charge >= 0.3 is 18.0 Å². The molecule has 6 aliphatic rings. The Balaban J connectivity index is 0.651. The van der Waals surface area contributed by atoms with Crippen molar-refractivity contribution in [3.63, 3.8) is 0 Å². The zero-order chi connectivity index (χ0) is 71.4. The molecule has 5 heterocycles. The first-order valence-corrected chi connectivity index (χ1v) is 34.8. The first-order chi connectivity index (χ1) is 47.6. The van der Waals surface area contributed by atoms with Crippen LogP contribution in [-0.4, -0.2) is 156 Å². The molecule has 3 unspecified atom stereocenters. The Hall–Kier alpha value is -9.89. The van der Waals surface area contributed by atoms with Crippen molar-refractivity contribution in [2.24, 2.45) is 22.2 Å². The van der Waals surface area contributed by atoms with Crippen molar-refractivity contribution in [1.29, 1.82) is 0 Å². The fraction of sp³-hybridized carbons (Fsp3) is 0.466. The van der Waals surface area contributed by atoms with Crippen LogP contribution in [-0.2, 0) is 69.2 Å². The highest BCUT2D eigenvalue weighted by molar-refractivity contribution is 7.22. The van der Waals surface area contributed by atoms with Crippen LogP contribution in [0.1, 0.15) is 148 Å². The zero-order valence-electron chi connectivity index (χ0n) is 57.3. The number of unbranched alkanes of at least 4 members (excludes halogenated alkanes) is 2. The van der Waals surface area contributed by atoms with Gasteiger partial charge in [-0.2, -0.15) is 5.10 Å². The van der Waals surface area contributed by atoms with Gasteiger partial charge in [-0.25, -0.2) is 19.6 Å². The number of nitrogens with one attached hydrogen (secondary N) is 5. The number of likely N-dealkylation sites (N-methyl/N-ethyl adjacent to an activating group) is 1. The molecule has 100 heavy (non-hydrogen) atoms. The third kappa shape index (κ3) is 16.4. The van der Waals surface area contributed by atoms with Gasteiger partial charge in [0.1, 0.15) is 30.6 Å². The summed E-state index contributed by atoms with van der Waals surface area (Å²) in [7, 11) is 1.53. The lowest BCUT2D eigenvalue weighted by Gasteiger charge is -2.69. The van der Waals surface area contributed by atoms with E-state index in [1.165, 1.54) is 42.4 Å². The molecule has 4 saturated carbocycles. The number of benzene rings is 3. The van der Waals surface area contributed by atoms with E-state index in [0.29, 0.717) is 84.2 Å². The second-order valence-corrected chi connectivity index (χ2v) is 29.8. The van der Waals surface area contributed by atoms with E-state index < -0.39 is 65.9 Å². The second-order valence-electron chi connectivity index (χ2n) is 28.7. The Labute approximate surface area is 583 Å². The number of thiazole rings is 1. The van der Waals surface area contributed by atoms with Gasteiger partial charge in [0.15, 0.2) is 10.8 Å². The number of rotatable bonds is 29. The van der Waals surface area contributed by atoms with E-state index in [1.807, 2.05) is 59.0 Å². The van der Waals surface area contributed by atoms with Crippen LogP contribution in [0, 0.1) is 29.1 Å². The fourth-order valence-corrected chi connectivity index (χ4v) is 17.2. The summed E-state index contributed by atoms with van der Waals surface area (Å²) >= 11 is 1.40. The number of carboxylic acid groups (broad SMARTS) is 2. The lowest BCUT2D eigenvalue weighted by Crippen LogP contribution is -2.64. The summed E-state index contributed by atoms with van der Waals surface area (Å²) in [5.74, 6) is -5.40. The van der Waals surface area contributed by atoms with Crippen molar-refractivity contribution in [2.45, 2.75) is 162 Å². The third-order valence-corrected chi connectivity index (χ3v) is 20.9. The molecule has 3 aromatic heterocycles. The molecule has 6 aromatic rings. The van der Waals surface area contributed by atoms with Gasteiger partial charge in [-0.15, -0.1) is 0 Å². The number of carbonyl (C=O) groups excluding carboxylic acids is 8. The molecule has 2 aliphatic heterocycles. The van der Waals surface area contributed by atoms with E-state index in [9.17, 15) is 58.2 Å². The van der Waals surface area contributed by atoms with E-state index in [0.717, 1.165) is 70.5 Å². The highest BCUT2D eigenvalue weighted by Gasteiger charge is 2.66. The minimum Gasteiger partial charge on any atom is -0.481 e. The smallest absolute Gasteiger partial charge is 0.408 e. The number of hydrogen-bond donors (Lipinski definition) is 7. The third-order valence-electron chi connectivity index (χ3n) is 19.9. The largest absolute Gasteiger partial charge is 0.481 e. The van der Waals surface area contributed by atoms with Crippen LogP contribution in [0.4, 0.5) is 21.4 Å². The highest BCUT2D eigenvalue weighted by Crippen LogP contribution is 2.72. The van der Waals surface area contributed by atoms with Gasteiger partial charge in [0.2, 0.25) is 23.6 Å². The average molecular weight is 1390 g/mol. The number of carbonyl (C=O) groups is 10. The van der Waals surface area contributed by atoms with Crippen molar-refractivity contribution in [2.75, 3.05) is 48.8 Å². The van der Waals surface area contributed by atoms with Gasteiger partial charge in [-0.05, 0) is 153 Å². The Morgan fingerprint density at radius 3 is 2.20 bits per heavy atom. The van der Waals surface area contributed by atoms with Crippen molar-refractivity contribution >= 4 is 97.6 Å². The van der Waals surface area contributed by atoms with Gasteiger partial charge in [0, 0.05) is 86.4 Å². The molecule has 3 aromatic carbocycles. The summed E-state index contributed by atoms with van der Waals surface area (Å²) in [6, 6.07) is 19.9. The average Bonchev–Trinajstić information content (AvgIpc) is 0.723. The first-order valence-electron chi connectivity index (χ1n) is 34.0. The lowest BCUT2D eigenvalue weighted by atomic mass is 9.39. The Bertz CT molecular complexity index is 4150. The maximum Gasteiger partial charge on any atom is 0.408 e. The summed E-state index contributed by atoms with van der Waals surface area (Å²) in [6.45, 7) is 13.3. The molecule has 4 bridgehead atoms. The van der Waals surface area contributed by atoms with Gasteiger partial charge in [-0.3, -0.25) is 53.3 Å². The van der Waals surface area contributed by atoms with E-state index in [-0.39, 0.29) is 84.2 Å². The topological polar surface area (TPSA) is 343 Å². The molecule has 8 amide bonds. The molecule has 0 spiro atoms. The maximum atomic E-state index is 13.9. The number of aliphatic carboxylic acids is 1. The fourth-order valence-electron chi connectivity index (χ4n) is 16.4. The molecule has 4 aliphatic carbocycles. The number of fused-ring (bicyclic) bond motifs is 2. The molecular formula is C73H86N12O14S. The van der Waals surface area contributed by atoms with E-state index in [4.69, 9.17) is 19.6 Å². The minimum absolute atomic E-state index is 0.0660. The number of nitrogens with zero attached hydrogens (tertiary/aromatic N) is 7. The maximum absolute atomic E-state index is 13.9. The van der Waals surface area contributed by atoms with E-state index >= 15 is 0 Å². The molecule has 528 valence electrons. The molecule has 4 fully saturated rings. The SMILES string of the molecule is Cc1c(-c2ccc(N3CCc4cccc(C(=O)Nc5nc6ccccc6s5)c4C3)nc2C(=O)O)cnn1CC12CC3(C)CC(C)(C1)CC(OCCN(C)C(=O)[C@H](CC(=O)O)NC(=O)OCc1ccc(NC(=O)[C@H](C)NC(=O)C(NC(=O)CCCCCN4C(=O)C=CC4=O)C(C)C)cc1)(C3)C2. The number of para-hydroxylation sites is 1. The summed E-state index contributed by atoms with van der Waals surface area (Å²) in [4.78, 5) is 143. The van der Waals surface area contributed by atoms with Crippen LogP contribution < -0.4 is 31.5 Å². The molecular weight excluding hydrogens is 1300 g/mol. The van der Waals surface area contributed by atoms with Crippen molar-refractivity contribution in [1.82, 2.24) is 45.5 Å². The number of aromatic nitrogens is 4. The van der Waals surface area contributed by atoms with E-state index in [1.54, 1.807) is 56.4 Å². The molecule has 5 atom stereocenters. The number of alkyl carbamates (subject to hydrolysis) is 1. The van der Waals surface area contributed by atoms with Gasteiger partial charge in [0.25, 0.3) is 17.7 Å². The number of amides is 8.